The molecule has 0 spiro atoms. The SMILES string of the molecule is CC.Cc1cccc(C2CC2C(=O)O)n1. The van der Waals surface area contributed by atoms with Gasteiger partial charge < -0.3 is 5.11 Å². The van der Waals surface area contributed by atoms with Crippen molar-refractivity contribution in [2.75, 3.05) is 0 Å². The third-order valence-corrected chi connectivity index (χ3v) is 2.40. The Kier molecular flexibility index (Phi) is 3.83. The molecule has 0 radical (unpaired) electrons. The molecular formula is C12H17NO2. The molecule has 82 valence electrons. The van der Waals surface area contributed by atoms with Gasteiger partial charge in [-0.3, -0.25) is 9.78 Å². The van der Waals surface area contributed by atoms with Crippen molar-refractivity contribution in [1.82, 2.24) is 4.98 Å². The molecule has 2 unspecified atom stereocenters. The topological polar surface area (TPSA) is 50.2 Å². The molecule has 3 heteroatoms. The van der Waals surface area contributed by atoms with Crippen LogP contribution in [0.1, 0.15) is 37.6 Å². The number of hydrogen-bond acceptors (Lipinski definition) is 2. The summed E-state index contributed by atoms with van der Waals surface area (Å²) in [5.74, 6) is -0.750. The zero-order chi connectivity index (χ0) is 11.4. The van der Waals surface area contributed by atoms with Crippen molar-refractivity contribution in [2.45, 2.75) is 33.1 Å². The Balaban J connectivity index is 0.000000531. The van der Waals surface area contributed by atoms with Gasteiger partial charge in [0.25, 0.3) is 0 Å². The van der Waals surface area contributed by atoms with Crippen molar-refractivity contribution in [3.8, 4) is 0 Å². The molecule has 1 aliphatic rings. The van der Waals surface area contributed by atoms with Crippen molar-refractivity contribution in [2.24, 2.45) is 5.92 Å². The minimum absolute atomic E-state index is 0.150. The first-order chi connectivity index (χ1) is 7.18. The van der Waals surface area contributed by atoms with Crippen LogP contribution in [0.4, 0.5) is 0 Å². The summed E-state index contributed by atoms with van der Waals surface area (Å²) >= 11 is 0. The van der Waals surface area contributed by atoms with Gasteiger partial charge in [-0.1, -0.05) is 19.9 Å². The Hall–Kier alpha value is -1.38. The number of carbonyl (C=O) groups is 1. The maximum Gasteiger partial charge on any atom is 0.307 e. The van der Waals surface area contributed by atoms with Crippen LogP contribution in [0.2, 0.25) is 0 Å². The summed E-state index contributed by atoms with van der Waals surface area (Å²) < 4.78 is 0. The van der Waals surface area contributed by atoms with Crippen molar-refractivity contribution >= 4 is 5.97 Å². The monoisotopic (exact) mass is 207 g/mol. The summed E-state index contributed by atoms with van der Waals surface area (Å²) in [6, 6.07) is 5.75. The zero-order valence-electron chi connectivity index (χ0n) is 9.40. The summed E-state index contributed by atoms with van der Waals surface area (Å²) in [5.41, 5.74) is 1.88. The average Bonchev–Trinajstić information content (AvgIpc) is 3.00. The molecule has 0 aliphatic heterocycles. The molecule has 0 aromatic carbocycles. The fraction of sp³-hybridized carbons (Fsp3) is 0.500. The number of carboxylic acid groups (broad SMARTS) is 1. The molecule has 1 aromatic rings. The van der Waals surface area contributed by atoms with Crippen molar-refractivity contribution < 1.29 is 9.90 Å². The van der Waals surface area contributed by atoms with Crippen LogP contribution in [0.3, 0.4) is 0 Å². The number of carboxylic acids is 1. The van der Waals surface area contributed by atoms with E-state index in [1.165, 1.54) is 0 Å². The molecule has 2 rings (SSSR count). The van der Waals surface area contributed by atoms with E-state index >= 15 is 0 Å². The first kappa shape index (κ1) is 11.7. The summed E-state index contributed by atoms with van der Waals surface area (Å²) in [6.07, 6.45) is 0.742. The summed E-state index contributed by atoms with van der Waals surface area (Å²) in [4.78, 5) is 14.9. The van der Waals surface area contributed by atoms with Gasteiger partial charge in [0.2, 0.25) is 0 Å². The Morgan fingerprint density at radius 1 is 1.47 bits per heavy atom. The van der Waals surface area contributed by atoms with E-state index in [9.17, 15) is 4.79 Å². The second kappa shape index (κ2) is 4.91. The van der Waals surface area contributed by atoms with E-state index in [1.807, 2.05) is 39.0 Å². The van der Waals surface area contributed by atoms with Crippen molar-refractivity contribution in [3.05, 3.63) is 29.6 Å². The largest absolute Gasteiger partial charge is 0.481 e. The number of hydrogen-bond donors (Lipinski definition) is 1. The van der Waals surface area contributed by atoms with Gasteiger partial charge in [0, 0.05) is 17.3 Å². The molecule has 3 nitrogen and oxygen atoms in total. The minimum atomic E-state index is -0.701. The summed E-state index contributed by atoms with van der Waals surface area (Å²) in [5, 5.41) is 8.73. The highest BCUT2D eigenvalue weighted by Crippen LogP contribution is 2.46. The molecule has 0 amide bonds. The molecule has 0 bridgehead atoms. The number of rotatable bonds is 2. The van der Waals surface area contributed by atoms with Crippen LogP contribution in [-0.4, -0.2) is 16.1 Å². The smallest absolute Gasteiger partial charge is 0.307 e. The fourth-order valence-electron chi connectivity index (χ4n) is 1.57. The van der Waals surface area contributed by atoms with Gasteiger partial charge in [-0.05, 0) is 25.5 Å². The Morgan fingerprint density at radius 3 is 2.60 bits per heavy atom. The highest BCUT2D eigenvalue weighted by molar-refractivity contribution is 5.75. The van der Waals surface area contributed by atoms with E-state index < -0.39 is 5.97 Å². The number of aliphatic carboxylic acids is 1. The summed E-state index contributed by atoms with van der Waals surface area (Å²) in [6.45, 7) is 5.92. The van der Waals surface area contributed by atoms with E-state index in [0.29, 0.717) is 0 Å². The van der Waals surface area contributed by atoms with Gasteiger partial charge in [-0.25, -0.2) is 0 Å². The van der Waals surface area contributed by atoms with Crippen LogP contribution < -0.4 is 0 Å². The lowest BCUT2D eigenvalue weighted by molar-refractivity contribution is -0.138. The van der Waals surface area contributed by atoms with E-state index in [2.05, 4.69) is 4.98 Å². The fourth-order valence-corrected chi connectivity index (χ4v) is 1.57. The molecule has 1 fully saturated rings. The molecule has 1 saturated carbocycles. The Labute approximate surface area is 90.2 Å². The molecule has 2 atom stereocenters. The molecule has 15 heavy (non-hydrogen) atoms. The van der Waals surface area contributed by atoms with E-state index in [-0.39, 0.29) is 11.8 Å². The van der Waals surface area contributed by atoms with Crippen LogP contribution in [0.25, 0.3) is 0 Å². The number of aryl methyl sites for hydroxylation is 1. The second-order valence-electron chi connectivity index (χ2n) is 3.49. The van der Waals surface area contributed by atoms with Crippen LogP contribution in [0.5, 0.6) is 0 Å². The lowest BCUT2D eigenvalue weighted by atomic mass is 10.2. The van der Waals surface area contributed by atoms with Crippen LogP contribution in [0, 0.1) is 12.8 Å². The highest BCUT2D eigenvalue weighted by Gasteiger charge is 2.45. The maximum atomic E-state index is 10.6. The predicted octanol–water partition coefficient (Wildman–Crippen LogP) is 2.60. The number of aromatic nitrogens is 1. The van der Waals surface area contributed by atoms with Gasteiger partial charge >= 0.3 is 5.97 Å². The predicted molar refractivity (Wildman–Crippen MR) is 58.8 cm³/mol. The minimum Gasteiger partial charge on any atom is -0.481 e. The number of nitrogens with zero attached hydrogens (tertiary/aromatic N) is 1. The first-order valence-corrected chi connectivity index (χ1v) is 5.35. The Bertz CT molecular complexity index is 349. The van der Waals surface area contributed by atoms with Gasteiger partial charge in [-0.15, -0.1) is 0 Å². The Morgan fingerprint density at radius 2 is 2.13 bits per heavy atom. The van der Waals surface area contributed by atoms with E-state index in [0.717, 1.165) is 17.8 Å². The van der Waals surface area contributed by atoms with Crippen LogP contribution in [-0.2, 0) is 4.79 Å². The van der Waals surface area contributed by atoms with Crippen molar-refractivity contribution in [3.63, 3.8) is 0 Å². The molecule has 1 heterocycles. The van der Waals surface area contributed by atoms with Crippen molar-refractivity contribution in [1.29, 1.82) is 0 Å². The summed E-state index contributed by atoms with van der Waals surface area (Å²) in [7, 11) is 0. The van der Waals surface area contributed by atoms with Gasteiger partial charge in [0.15, 0.2) is 0 Å². The second-order valence-corrected chi connectivity index (χ2v) is 3.49. The normalized spacial score (nSPS) is 22.6. The lowest BCUT2D eigenvalue weighted by Crippen LogP contribution is -2.00. The molecule has 0 saturated heterocycles. The first-order valence-electron chi connectivity index (χ1n) is 5.35. The molecular weight excluding hydrogens is 190 g/mol. The van der Waals surface area contributed by atoms with Crippen LogP contribution >= 0.6 is 0 Å². The van der Waals surface area contributed by atoms with Gasteiger partial charge in [0.05, 0.1) is 5.92 Å². The molecule has 1 aliphatic carbocycles. The zero-order valence-corrected chi connectivity index (χ0v) is 9.40. The molecule has 1 N–H and O–H groups in total. The number of pyridine rings is 1. The lowest BCUT2D eigenvalue weighted by Gasteiger charge is -1.98. The quantitative estimate of drug-likeness (QED) is 0.811. The van der Waals surface area contributed by atoms with E-state index in [1.54, 1.807) is 0 Å². The average molecular weight is 207 g/mol. The van der Waals surface area contributed by atoms with E-state index in [4.69, 9.17) is 5.11 Å². The standard InChI is InChI=1S/C10H11NO2.C2H6/c1-6-3-2-4-9(11-6)7-5-8(7)10(12)13;1-2/h2-4,7-8H,5H2,1H3,(H,12,13);1-2H3. The molecule has 1 aromatic heterocycles. The third kappa shape index (κ3) is 2.78. The third-order valence-electron chi connectivity index (χ3n) is 2.40. The van der Waals surface area contributed by atoms with Gasteiger partial charge in [0.1, 0.15) is 0 Å². The maximum absolute atomic E-state index is 10.6. The highest BCUT2D eigenvalue weighted by atomic mass is 16.4. The van der Waals surface area contributed by atoms with Crippen LogP contribution in [0.15, 0.2) is 18.2 Å². The van der Waals surface area contributed by atoms with Gasteiger partial charge in [-0.2, -0.15) is 0 Å².